The molecule has 0 radical (unpaired) electrons. The van der Waals surface area contributed by atoms with Crippen molar-refractivity contribution < 1.29 is 28.6 Å². The zero-order chi connectivity index (χ0) is 27.1. The number of nitrogens with zero attached hydrogens (tertiary/aromatic N) is 2. The van der Waals surface area contributed by atoms with Gasteiger partial charge in [0, 0.05) is 13.1 Å². The van der Waals surface area contributed by atoms with Crippen LogP contribution in [-0.2, 0) is 11.4 Å². The van der Waals surface area contributed by atoms with Gasteiger partial charge in [-0.15, -0.1) is 0 Å². The Morgan fingerprint density at radius 2 is 1.76 bits per heavy atom. The fourth-order valence-electron chi connectivity index (χ4n) is 4.61. The highest BCUT2D eigenvalue weighted by Crippen LogP contribution is 2.42. The molecule has 2 heterocycles. The van der Waals surface area contributed by atoms with Crippen molar-refractivity contribution in [2.24, 2.45) is 0 Å². The number of carbonyl (C=O) groups is 2. The lowest BCUT2D eigenvalue weighted by molar-refractivity contribution is -0.129. The number of aliphatic hydroxyl groups excluding tert-OH is 1. The second-order valence-corrected chi connectivity index (χ2v) is 8.91. The summed E-state index contributed by atoms with van der Waals surface area (Å²) in [4.78, 5) is 30.4. The summed E-state index contributed by atoms with van der Waals surface area (Å²) in [6.07, 6.45) is 1.39. The number of ether oxygens (including phenoxy) is 2. The molecule has 0 aliphatic carbocycles. The molecule has 0 saturated heterocycles. The van der Waals surface area contributed by atoms with E-state index in [-0.39, 0.29) is 11.3 Å². The van der Waals surface area contributed by atoms with Crippen LogP contribution in [0.5, 0.6) is 11.5 Å². The van der Waals surface area contributed by atoms with Crippen molar-refractivity contribution in [1.82, 2.24) is 9.80 Å². The van der Waals surface area contributed by atoms with E-state index in [1.54, 1.807) is 29.2 Å². The molecule has 1 N–H and O–H groups in total. The van der Waals surface area contributed by atoms with Crippen molar-refractivity contribution in [2.45, 2.75) is 33.4 Å². The minimum Gasteiger partial charge on any atom is -0.503 e. The lowest BCUT2D eigenvalue weighted by Crippen LogP contribution is -2.38. The first kappa shape index (κ1) is 27.0. The molecule has 3 aromatic rings. The normalized spacial score (nSPS) is 15.4. The lowest BCUT2D eigenvalue weighted by Gasteiger charge is -2.29. The van der Waals surface area contributed by atoms with Gasteiger partial charge in [-0.3, -0.25) is 9.59 Å². The van der Waals surface area contributed by atoms with E-state index >= 15 is 0 Å². The van der Waals surface area contributed by atoms with Gasteiger partial charge < -0.3 is 28.8 Å². The predicted molar refractivity (Wildman–Crippen MR) is 143 cm³/mol. The van der Waals surface area contributed by atoms with Crippen LogP contribution in [0.3, 0.4) is 0 Å². The maximum absolute atomic E-state index is 13.4. The van der Waals surface area contributed by atoms with Crippen LogP contribution in [0.15, 0.2) is 82.7 Å². The maximum atomic E-state index is 13.4. The molecule has 1 aliphatic rings. The van der Waals surface area contributed by atoms with Crippen molar-refractivity contribution in [3.8, 4) is 11.5 Å². The van der Waals surface area contributed by atoms with Crippen LogP contribution in [0.1, 0.15) is 48.5 Å². The molecule has 1 aliphatic heterocycles. The van der Waals surface area contributed by atoms with Crippen LogP contribution in [0.4, 0.5) is 0 Å². The smallest absolute Gasteiger partial charge is 0.290 e. The van der Waals surface area contributed by atoms with Crippen molar-refractivity contribution in [3.05, 3.63) is 95.1 Å². The van der Waals surface area contributed by atoms with E-state index in [0.29, 0.717) is 43.4 Å². The Balaban J connectivity index is 1.70. The molecule has 0 saturated carbocycles. The number of furan rings is 1. The summed E-state index contributed by atoms with van der Waals surface area (Å²) in [5.74, 6) is -0.571. The third-order valence-corrected chi connectivity index (χ3v) is 6.67. The molecule has 0 spiro atoms. The van der Waals surface area contributed by atoms with Gasteiger partial charge in [0.05, 0.1) is 24.5 Å². The second-order valence-electron chi connectivity index (χ2n) is 8.91. The van der Waals surface area contributed by atoms with Crippen molar-refractivity contribution in [2.75, 3.05) is 32.8 Å². The Bertz CT molecular complexity index is 1270. The monoisotopic (exact) mass is 518 g/mol. The van der Waals surface area contributed by atoms with Crippen molar-refractivity contribution in [1.29, 1.82) is 0 Å². The van der Waals surface area contributed by atoms with Gasteiger partial charge >= 0.3 is 0 Å². The highest BCUT2D eigenvalue weighted by Gasteiger charge is 2.44. The molecule has 4 rings (SSSR count). The minimum atomic E-state index is -0.807. The fraction of sp³-hybridized carbons (Fsp3) is 0.333. The van der Waals surface area contributed by atoms with Gasteiger partial charge in [-0.05, 0) is 55.4 Å². The van der Waals surface area contributed by atoms with Crippen LogP contribution < -0.4 is 9.47 Å². The quantitative estimate of drug-likeness (QED) is 0.312. The largest absolute Gasteiger partial charge is 0.503 e. The van der Waals surface area contributed by atoms with Crippen LogP contribution >= 0.6 is 0 Å². The first-order valence-corrected chi connectivity index (χ1v) is 13.0. The average molecular weight is 519 g/mol. The van der Waals surface area contributed by atoms with Gasteiger partial charge in [-0.1, -0.05) is 50.2 Å². The molecule has 38 heavy (non-hydrogen) atoms. The first-order chi connectivity index (χ1) is 18.5. The summed E-state index contributed by atoms with van der Waals surface area (Å²) in [5.41, 5.74) is 1.64. The number of carbonyl (C=O) groups excluding carboxylic acids is 2. The Kier molecular flexibility index (Phi) is 8.86. The predicted octanol–water partition coefficient (Wildman–Crippen LogP) is 5.18. The molecule has 1 atom stereocenters. The highest BCUT2D eigenvalue weighted by molar-refractivity contribution is 6.15. The molecule has 0 bridgehead atoms. The van der Waals surface area contributed by atoms with Crippen molar-refractivity contribution in [3.63, 3.8) is 0 Å². The molecular formula is C30H34N2O6. The molecule has 1 aromatic heterocycles. The van der Waals surface area contributed by atoms with E-state index in [1.807, 2.05) is 37.3 Å². The Labute approximate surface area is 223 Å². The molecule has 1 amide bonds. The summed E-state index contributed by atoms with van der Waals surface area (Å²) in [5, 5.41) is 10.9. The van der Waals surface area contributed by atoms with E-state index in [1.165, 1.54) is 12.3 Å². The zero-order valence-electron chi connectivity index (χ0n) is 22.1. The van der Waals surface area contributed by atoms with Crippen LogP contribution in [-0.4, -0.2) is 59.4 Å². The summed E-state index contributed by atoms with van der Waals surface area (Å²) < 4.78 is 17.3. The summed E-state index contributed by atoms with van der Waals surface area (Å²) in [6, 6.07) is 17.5. The summed E-state index contributed by atoms with van der Waals surface area (Å²) in [7, 11) is 0. The van der Waals surface area contributed by atoms with E-state index in [4.69, 9.17) is 13.9 Å². The molecule has 8 heteroatoms. The van der Waals surface area contributed by atoms with Gasteiger partial charge in [-0.25, -0.2) is 0 Å². The highest BCUT2D eigenvalue weighted by atomic mass is 16.5. The minimum absolute atomic E-state index is 0.00935. The number of benzene rings is 2. The Morgan fingerprint density at radius 3 is 2.42 bits per heavy atom. The Hall–Kier alpha value is -4.04. The topological polar surface area (TPSA) is 92.5 Å². The van der Waals surface area contributed by atoms with E-state index in [9.17, 15) is 14.7 Å². The molecular weight excluding hydrogens is 484 g/mol. The van der Waals surface area contributed by atoms with Crippen LogP contribution in [0, 0.1) is 0 Å². The average Bonchev–Trinajstić information content (AvgIpc) is 3.56. The van der Waals surface area contributed by atoms with Crippen molar-refractivity contribution >= 4 is 11.7 Å². The molecule has 1 unspecified atom stereocenters. The summed E-state index contributed by atoms with van der Waals surface area (Å²) >= 11 is 0. The number of Topliss-reactive ketones (excluding diaryl/α,β-unsaturated/α-hetero) is 1. The molecule has 2 aromatic carbocycles. The number of amides is 1. The number of hydrogen-bond donors (Lipinski definition) is 1. The molecule has 200 valence electrons. The van der Waals surface area contributed by atoms with Gasteiger partial charge in [0.1, 0.15) is 6.61 Å². The van der Waals surface area contributed by atoms with Gasteiger partial charge in [0.25, 0.3) is 5.91 Å². The number of ketones is 1. The lowest BCUT2D eigenvalue weighted by atomic mass is 9.94. The number of likely N-dealkylation sites (N-methyl/N-ethyl adjacent to an activating group) is 1. The SMILES string of the molecule is CCOc1cc(C2C(C(=O)c3ccco3)=C(O)C(=O)N2CCN(CC)CC)ccc1OCc1ccccc1. The Morgan fingerprint density at radius 1 is 1.00 bits per heavy atom. The third-order valence-electron chi connectivity index (χ3n) is 6.67. The second kappa shape index (κ2) is 12.5. The first-order valence-electron chi connectivity index (χ1n) is 13.0. The number of rotatable bonds is 13. The van der Waals surface area contributed by atoms with Gasteiger partial charge in [0.15, 0.2) is 23.0 Å². The summed E-state index contributed by atoms with van der Waals surface area (Å²) in [6.45, 7) is 9.32. The number of aliphatic hydroxyl groups is 1. The van der Waals surface area contributed by atoms with E-state index in [0.717, 1.165) is 18.7 Å². The standard InChI is InChI=1S/C30H34N2O6/c1-4-31(5-2)16-17-32-27(26(29(34)30(32)35)28(33)24-13-10-18-37-24)22-14-15-23(25(19-22)36-6-3)38-20-21-11-8-7-9-12-21/h7-15,18-19,27,34H,4-6,16-17,20H2,1-3H3. The maximum Gasteiger partial charge on any atom is 0.290 e. The van der Waals surface area contributed by atoms with Gasteiger partial charge in [-0.2, -0.15) is 0 Å². The van der Waals surface area contributed by atoms with Crippen LogP contribution in [0.2, 0.25) is 0 Å². The fourth-order valence-corrected chi connectivity index (χ4v) is 4.61. The zero-order valence-corrected chi connectivity index (χ0v) is 22.1. The number of hydrogen-bond acceptors (Lipinski definition) is 7. The molecule has 8 nitrogen and oxygen atoms in total. The third kappa shape index (κ3) is 5.75. The molecule has 0 fully saturated rings. The van der Waals surface area contributed by atoms with E-state index in [2.05, 4.69) is 18.7 Å². The van der Waals surface area contributed by atoms with E-state index < -0.39 is 23.5 Å². The van der Waals surface area contributed by atoms with Crippen LogP contribution in [0.25, 0.3) is 0 Å². The van der Waals surface area contributed by atoms with Gasteiger partial charge in [0.2, 0.25) is 5.78 Å².